The maximum atomic E-state index is 11.6. The van der Waals surface area contributed by atoms with Crippen molar-refractivity contribution in [3.8, 4) is 11.8 Å². The molecule has 5 heteroatoms. The van der Waals surface area contributed by atoms with Gasteiger partial charge in [0, 0.05) is 20.0 Å². The molecule has 0 bridgehead atoms. The predicted octanol–water partition coefficient (Wildman–Crippen LogP) is 1.44. The molecule has 1 aliphatic heterocycles. The molecule has 1 N–H and O–H groups in total. The first-order chi connectivity index (χ1) is 9.22. The van der Waals surface area contributed by atoms with Crippen molar-refractivity contribution in [1.29, 1.82) is 5.26 Å². The summed E-state index contributed by atoms with van der Waals surface area (Å²) >= 11 is 0. The van der Waals surface area contributed by atoms with Crippen molar-refractivity contribution in [3.05, 3.63) is 23.8 Å². The fourth-order valence-electron chi connectivity index (χ4n) is 1.95. The number of ether oxygens (including phenoxy) is 1. The molecule has 0 unspecified atom stereocenters. The summed E-state index contributed by atoms with van der Waals surface area (Å²) < 4.78 is 5.37. The molecule has 19 heavy (non-hydrogen) atoms. The van der Waals surface area contributed by atoms with Crippen molar-refractivity contribution in [2.75, 3.05) is 25.1 Å². The van der Waals surface area contributed by atoms with E-state index < -0.39 is 0 Å². The molecule has 1 aromatic rings. The van der Waals surface area contributed by atoms with Crippen LogP contribution in [0.5, 0.6) is 5.75 Å². The summed E-state index contributed by atoms with van der Waals surface area (Å²) in [6.07, 6.45) is 1.42. The van der Waals surface area contributed by atoms with E-state index in [0.29, 0.717) is 6.42 Å². The van der Waals surface area contributed by atoms with E-state index in [2.05, 4.69) is 11.4 Å². The molecule has 1 aromatic carbocycles. The smallest absolute Gasteiger partial charge is 0.264 e. The Morgan fingerprint density at radius 2 is 2.37 bits per heavy atom. The van der Waals surface area contributed by atoms with Crippen LogP contribution >= 0.6 is 0 Å². The van der Waals surface area contributed by atoms with E-state index in [1.54, 1.807) is 11.9 Å². The number of nitrogens with zero attached hydrogens (tertiary/aromatic N) is 2. The summed E-state index contributed by atoms with van der Waals surface area (Å²) in [6.45, 7) is 1.64. The Bertz CT molecular complexity index is 508. The van der Waals surface area contributed by atoms with E-state index in [1.807, 2.05) is 18.2 Å². The Morgan fingerprint density at radius 1 is 1.53 bits per heavy atom. The highest BCUT2D eigenvalue weighted by Crippen LogP contribution is 2.31. The van der Waals surface area contributed by atoms with Gasteiger partial charge in [-0.2, -0.15) is 5.26 Å². The highest BCUT2D eigenvalue weighted by Gasteiger charge is 2.21. The monoisotopic (exact) mass is 259 g/mol. The molecule has 0 radical (unpaired) electrons. The van der Waals surface area contributed by atoms with Crippen LogP contribution in [0.4, 0.5) is 5.69 Å². The van der Waals surface area contributed by atoms with Crippen LogP contribution in [0.1, 0.15) is 18.4 Å². The molecular weight excluding hydrogens is 242 g/mol. The maximum absolute atomic E-state index is 11.6. The first-order valence-electron chi connectivity index (χ1n) is 6.32. The number of likely N-dealkylation sites (N-methyl/N-ethyl adjacent to an activating group) is 1. The van der Waals surface area contributed by atoms with Gasteiger partial charge in [0.25, 0.3) is 5.91 Å². The SMILES string of the molecule is CN1C(=O)COc2ccc(CNCCCC#N)cc21. The molecule has 0 atom stereocenters. The van der Waals surface area contributed by atoms with Crippen LogP contribution < -0.4 is 15.0 Å². The van der Waals surface area contributed by atoms with Gasteiger partial charge in [-0.05, 0) is 30.7 Å². The summed E-state index contributed by atoms with van der Waals surface area (Å²) in [7, 11) is 1.76. The lowest BCUT2D eigenvalue weighted by molar-refractivity contribution is -0.120. The summed E-state index contributed by atoms with van der Waals surface area (Å²) in [4.78, 5) is 13.2. The molecule has 1 heterocycles. The van der Waals surface area contributed by atoms with Crippen LogP contribution in [0.2, 0.25) is 0 Å². The summed E-state index contributed by atoms with van der Waals surface area (Å²) in [5.41, 5.74) is 1.91. The maximum Gasteiger partial charge on any atom is 0.264 e. The molecule has 0 saturated heterocycles. The lowest BCUT2D eigenvalue weighted by Crippen LogP contribution is -2.35. The number of amides is 1. The lowest BCUT2D eigenvalue weighted by atomic mass is 10.1. The van der Waals surface area contributed by atoms with Gasteiger partial charge in [0.2, 0.25) is 0 Å². The van der Waals surface area contributed by atoms with Crippen LogP contribution in [0.15, 0.2) is 18.2 Å². The Hall–Kier alpha value is -2.06. The van der Waals surface area contributed by atoms with Gasteiger partial charge in [-0.1, -0.05) is 6.07 Å². The number of carbonyl (C=O) groups excluding carboxylic acids is 1. The van der Waals surface area contributed by atoms with E-state index >= 15 is 0 Å². The standard InChI is InChI=1S/C14H17N3O2/c1-17-12-8-11(9-16-7-3-2-6-15)4-5-13(12)19-10-14(17)18/h4-5,8,16H,2-3,7,9-10H2,1H3. The zero-order valence-electron chi connectivity index (χ0n) is 11.0. The van der Waals surface area contributed by atoms with Crippen molar-refractivity contribution in [2.45, 2.75) is 19.4 Å². The number of fused-ring (bicyclic) bond motifs is 1. The third-order valence-corrected chi connectivity index (χ3v) is 3.08. The first-order valence-corrected chi connectivity index (χ1v) is 6.32. The molecule has 100 valence electrons. The highest BCUT2D eigenvalue weighted by atomic mass is 16.5. The second-order valence-electron chi connectivity index (χ2n) is 4.48. The lowest BCUT2D eigenvalue weighted by Gasteiger charge is -2.26. The van der Waals surface area contributed by atoms with Gasteiger partial charge in [-0.25, -0.2) is 0 Å². The number of nitrogens with one attached hydrogen (secondary N) is 1. The zero-order valence-corrected chi connectivity index (χ0v) is 11.0. The van der Waals surface area contributed by atoms with Crippen LogP contribution in [-0.2, 0) is 11.3 Å². The van der Waals surface area contributed by atoms with E-state index in [1.165, 1.54) is 0 Å². The molecule has 0 fully saturated rings. The Kier molecular flexibility index (Phi) is 4.37. The van der Waals surface area contributed by atoms with Gasteiger partial charge in [0.15, 0.2) is 6.61 Å². The minimum Gasteiger partial charge on any atom is -0.482 e. The number of hydrogen-bond acceptors (Lipinski definition) is 4. The Balaban J connectivity index is 1.97. The number of unbranched alkanes of at least 4 members (excludes halogenated alkanes) is 1. The average molecular weight is 259 g/mol. The van der Waals surface area contributed by atoms with Crippen LogP contribution in [0, 0.1) is 11.3 Å². The number of hydrogen-bond donors (Lipinski definition) is 1. The van der Waals surface area contributed by atoms with Crippen molar-refractivity contribution in [3.63, 3.8) is 0 Å². The highest BCUT2D eigenvalue weighted by molar-refractivity contribution is 5.97. The number of rotatable bonds is 5. The normalized spacial score (nSPS) is 13.7. The van der Waals surface area contributed by atoms with Gasteiger partial charge in [-0.3, -0.25) is 4.79 Å². The average Bonchev–Trinajstić information content (AvgIpc) is 2.43. The minimum atomic E-state index is -0.0355. The van der Waals surface area contributed by atoms with Crippen molar-refractivity contribution in [2.24, 2.45) is 0 Å². The number of benzene rings is 1. The third kappa shape index (κ3) is 3.24. The molecule has 0 aromatic heterocycles. The zero-order chi connectivity index (χ0) is 13.7. The minimum absolute atomic E-state index is 0.0355. The van der Waals surface area contributed by atoms with E-state index in [4.69, 9.17) is 10.00 Å². The van der Waals surface area contributed by atoms with Crippen LogP contribution in [0.25, 0.3) is 0 Å². The van der Waals surface area contributed by atoms with Gasteiger partial charge >= 0.3 is 0 Å². The van der Waals surface area contributed by atoms with Crippen molar-refractivity contribution in [1.82, 2.24) is 5.32 Å². The molecule has 1 aliphatic rings. The number of anilines is 1. The van der Waals surface area contributed by atoms with Crippen LogP contribution in [0.3, 0.4) is 0 Å². The number of carbonyl (C=O) groups is 1. The Labute approximate surface area is 112 Å². The first kappa shape index (κ1) is 13.4. The van der Waals surface area contributed by atoms with Gasteiger partial charge in [0.1, 0.15) is 5.75 Å². The molecule has 0 aliphatic carbocycles. The van der Waals surface area contributed by atoms with E-state index in [-0.39, 0.29) is 12.5 Å². The van der Waals surface area contributed by atoms with E-state index in [0.717, 1.165) is 36.5 Å². The topological polar surface area (TPSA) is 65.4 Å². The summed E-state index contributed by atoms with van der Waals surface area (Å²) in [6, 6.07) is 7.96. The molecule has 0 saturated carbocycles. The largest absolute Gasteiger partial charge is 0.482 e. The molecular formula is C14H17N3O2. The molecule has 0 spiro atoms. The third-order valence-electron chi connectivity index (χ3n) is 3.08. The molecule has 5 nitrogen and oxygen atoms in total. The number of nitriles is 1. The fourth-order valence-corrected chi connectivity index (χ4v) is 1.95. The van der Waals surface area contributed by atoms with Crippen molar-refractivity contribution < 1.29 is 9.53 Å². The fraction of sp³-hybridized carbons (Fsp3) is 0.429. The van der Waals surface area contributed by atoms with Gasteiger partial charge < -0.3 is 15.0 Å². The molecule has 2 rings (SSSR count). The second-order valence-corrected chi connectivity index (χ2v) is 4.48. The van der Waals surface area contributed by atoms with Gasteiger partial charge in [-0.15, -0.1) is 0 Å². The quantitative estimate of drug-likeness (QED) is 0.812. The summed E-state index contributed by atoms with van der Waals surface area (Å²) in [5.74, 6) is 0.710. The second kappa shape index (κ2) is 6.21. The predicted molar refractivity (Wildman–Crippen MR) is 71.9 cm³/mol. The molecule has 1 amide bonds. The van der Waals surface area contributed by atoms with Gasteiger partial charge in [0.05, 0.1) is 11.8 Å². The summed E-state index contributed by atoms with van der Waals surface area (Å²) in [5, 5.41) is 11.7. The van der Waals surface area contributed by atoms with Crippen molar-refractivity contribution >= 4 is 11.6 Å². The van der Waals surface area contributed by atoms with Crippen LogP contribution in [-0.4, -0.2) is 26.1 Å². The van der Waals surface area contributed by atoms with E-state index in [9.17, 15) is 4.79 Å². The Morgan fingerprint density at radius 3 is 3.16 bits per heavy atom.